The largest absolute Gasteiger partial charge is 0.398 e. The van der Waals surface area contributed by atoms with Crippen molar-refractivity contribution in [3.05, 3.63) is 61.0 Å². The third-order valence-electron chi connectivity index (χ3n) is 4.79. The van der Waals surface area contributed by atoms with E-state index in [0.29, 0.717) is 23.7 Å². The van der Waals surface area contributed by atoms with E-state index in [1.807, 2.05) is 24.3 Å². The van der Waals surface area contributed by atoms with Crippen LogP contribution in [-0.4, -0.2) is 0 Å². The Hall–Kier alpha value is -0.700. The molecule has 2 N–H and O–H groups in total. The molecule has 0 radical (unpaired) electrons. The highest BCUT2D eigenvalue weighted by Crippen LogP contribution is 2.35. The summed E-state index contributed by atoms with van der Waals surface area (Å²) in [5, 5.41) is 1.62. The minimum absolute atomic E-state index is 0.422. The van der Waals surface area contributed by atoms with Crippen molar-refractivity contribution in [2.75, 3.05) is 5.73 Å². The van der Waals surface area contributed by atoms with Crippen molar-refractivity contribution in [1.29, 1.82) is 0 Å². The summed E-state index contributed by atoms with van der Waals surface area (Å²) in [5.74, 6) is 1.85. The average molecular weight is 487 g/mol. The number of nitrogen functional groups attached to an aromatic ring is 1. The lowest BCUT2D eigenvalue weighted by atomic mass is 9.93. The summed E-state index contributed by atoms with van der Waals surface area (Å²) < 4.78 is 1.21. The molecule has 28 heavy (non-hydrogen) atoms. The van der Waals surface area contributed by atoms with Gasteiger partial charge in [-0.2, -0.15) is 0 Å². The average Bonchev–Trinajstić information content (AvgIpc) is 2.58. The first-order valence-corrected chi connectivity index (χ1v) is 11.5. The standard InChI is InChI=1S/C12H16BrCl.C12H18ClN/c1-7(2)10-5-9(14)6-11(8(3)4)12(10)13;1-7(2)10-5-9(13)6-11(8(3)4)12(10)14/h5-8H,1-4H3;5-8H,14H2,1-4H3. The number of rotatable bonds is 4. The molecule has 0 fully saturated rings. The first-order chi connectivity index (χ1) is 12.9. The minimum atomic E-state index is 0.422. The Morgan fingerprint density at radius 3 is 1.11 bits per heavy atom. The number of hydrogen-bond acceptors (Lipinski definition) is 1. The van der Waals surface area contributed by atoms with Crippen LogP contribution < -0.4 is 5.73 Å². The Bertz CT molecular complexity index is 670. The van der Waals surface area contributed by atoms with E-state index in [4.69, 9.17) is 28.9 Å². The van der Waals surface area contributed by atoms with E-state index in [1.54, 1.807) is 0 Å². The molecule has 156 valence electrons. The maximum Gasteiger partial charge on any atom is 0.0413 e. The molecule has 0 heterocycles. The Kier molecular flexibility index (Phi) is 9.86. The van der Waals surface area contributed by atoms with Crippen LogP contribution in [0.5, 0.6) is 0 Å². The Morgan fingerprint density at radius 2 is 0.857 bits per heavy atom. The fourth-order valence-corrected chi connectivity index (χ4v) is 4.70. The zero-order chi connectivity index (χ0) is 21.8. The number of anilines is 1. The molecule has 0 atom stereocenters. The molecule has 0 aliphatic carbocycles. The highest BCUT2D eigenvalue weighted by molar-refractivity contribution is 9.10. The first-order valence-electron chi connectivity index (χ1n) is 9.94. The van der Waals surface area contributed by atoms with Crippen molar-refractivity contribution in [3.63, 3.8) is 0 Å². The predicted molar refractivity (Wildman–Crippen MR) is 131 cm³/mol. The van der Waals surface area contributed by atoms with Crippen LogP contribution >= 0.6 is 39.1 Å². The van der Waals surface area contributed by atoms with Gasteiger partial charge in [0.15, 0.2) is 0 Å². The summed E-state index contributed by atoms with van der Waals surface area (Å²) in [4.78, 5) is 0. The molecular formula is C24H34BrCl2N. The fourth-order valence-electron chi connectivity index (χ4n) is 3.09. The Balaban J connectivity index is 0.000000280. The highest BCUT2D eigenvalue weighted by Gasteiger charge is 2.13. The minimum Gasteiger partial charge on any atom is -0.398 e. The second-order valence-electron chi connectivity index (χ2n) is 8.51. The number of halogens is 3. The van der Waals surface area contributed by atoms with Crippen molar-refractivity contribution in [1.82, 2.24) is 0 Å². The topological polar surface area (TPSA) is 26.0 Å². The molecule has 2 aromatic carbocycles. The number of nitrogens with two attached hydrogens (primary N) is 1. The van der Waals surface area contributed by atoms with Crippen LogP contribution in [0.2, 0.25) is 10.0 Å². The molecule has 0 saturated carbocycles. The van der Waals surface area contributed by atoms with E-state index in [0.717, 1.165) is 26.9 Å². The van der Waals surface area contributed by atoms with Gasteiger partial charge in [0.25, 0.3) is 0 Å². The van der Waals surface area contributed by atoms with Crippen LogP contribution in [0.3, 0.4) is 0 Å². The van der Waals surface area contributed by atoms with E-state index in [9.17, 15) is 0 Å². The second-order valence-corrected chi connectivity index (χ2v) is 10.2. The van der Waals surface area contributed by atoms with E-state index in [-0.39, 0.29) is 0 Å². The fraction of sp³-hybridized carbons (Fsp3) is 0.500. The third kappa shape index (κ3) is 6.68. The summed E-state index contributed by atoms with van der Waals surface area (Å²) >= 11 is 15.8. The van der Waals surface area contributed by atoms with Crippen molar-refractivity contribution in [2.24, 2.45) is 0 Å². The summed E-state index contributed by atoms with van der Waals surface area (Å²) in [6.45, 7) is 17.2. The Labute approximate surface area is 190 Å². The monoisotopic (exact) mass is 485 g/mol. The van der Waals surface area contributed by atoms with Gasteiger partial charge in [-0.05, 0) is 70.2 Å². The van der Waals surface area contributed by atoms with E-state index in [2.05, 4.69) is 71.3 Å². The molecule has 2 aromatic rings. The maximum atomic E-state index is 6.10. The summed E-state index contributed by atoms with van der Waals surface area (Å²) in [6.07, 6.45) is 0. The van der Waals surface area contributed by atoms with Gasteiger partial charge >= 0.3 is 0 Å². The molecule has 0 unspecified atom stereocenters. The third-order valence-corrected chi connectivity index (χ3v) is 6.14. The highest BCUT2D eigenvalue weighted by atomic mass is 79.9. The zero-order valence-corrected chi connectivity index (χ0v) is 21.4. The van der Waals surface area contributed by atoms with Gasteiger partial charge in [-0.1, -0.05) is 94.5 Å². The van der Waals surface area contributed by atoms with Crippen molar-refractivity contribution >= 4 is 44.8 Å². The molecule has 1 nitrogen and oxygen atoms in total. The van der Waals surface area contributed by atoms with Crippen LogP contribution in [0.25, 0.3) is 0 Å². The normalized spacial score (nSPS) is 11.4. The van der Waals surface area contributed by atoms with Crippen LogP contribution in [0.1, 0.15) is 101 Å². The summed E-state index contributed by atoms with van der Waals surface area (Å²) in [6, 6.07) is 8.02. The zero-order valence-electron chi connectivity index (χ0n) is 18.3. The van der Waals surface area contributed by atoms with Crippen molar-refractivity contribution in [2.45, 2.75) is 79.1 Å². The summed E-state index contributed by atoms with van der Waals surface area (Å²) in [5.41, 5.74) is 11.9. The molecular weight excluding hydrogens is 453 g/mol. The van der Waals surface area contributed by atoms with Gasteiger partial charge in [-0.3, -0.25) is 0 Å². The lowest BCUT2D eigenvalue weighted by Gasteiger charge is -2.16. The van der Waals surface area contributed by atoms with E-state index >= 15 is 0 Å². The molecule has 0 aliphatic heterocycles. The molecule has 0 bridgehead atoms. The van der Waals surface area contributed by atoms with Crippen LogP contribution in [0.15, 0.2) is 28.7 Å². The van der Waals surface area contributed by atoms with Gasteiger partial charge in [0.05, 0.1) is 0 Å². The van der Waals surface area contributed by atoms with Crippen molar-refractivity contribution < 1.29 is 0 Å². The maximum absolute atomic E-state index is 6.10. The van der Waals surface area contributed by atoms with E-state index < -0.39 is 0 Å². The van der Waals surface area contributed by atoms with Crippen molar-refractivity contribution in [3.8, 4) is 0 Å². The van der Waals surface area contributed by atoms with Gasteiger partial charge in [0.2, 0.25) is 0 Å². The molecule has 0 saturated heterocycles. The van der Waals surface area contributed by atoms with E-state index in [1.165, 1.54) is 15.6 Å². The first kappa shape index (κ1) is 25.3. The van der Waals surface area contributed by atoms with Gasteiger partial charge in [-0.25, -0.2) is 0 Å². The van der Waals surface area contributed by atoms with Gasteiger partial charge in [0, 0.05) is 20.2 Å². The second kappa shape index (κ2) is 10.9. The molecule has 0 aromatic heterocycles. The predicted octanol–water partition coefficient (Wildman–Crippen LogP) is 9.52. The van der Waals surface area contributed by atoms with Gasteiger partial charge < -0.3 is 5.73 Å². The SMILES string of the molecule is CC(C)c1cc(Cl)cc(C(C)C)c1Br.CC(C)c1cc(Cl)cc(C(C)C)c1N. The number of benzene rings is 2. The summed E-state index contributed by atoms with van der Waals surface area (Å²) in [7, 11) is 0. The lowest BCUT2D eigenvalue weighted by molar-refractivity contribution is 0.824. The quantitative estimate of drug-likeness (QED) is 0.427. The molecule has 4 heteroatoms. The smallest absolute Gasteiger partial charge is 0.0413 e. The molecule has 0 spiro atoms. The number of hydrogen-bond donors (Lipinski definition) is 1. The molecule has 0 aliphatic rings. The Morgan fingerprint density at radius 1 is 0.607 bits per heavy atom. The molecule has 0 amide bonds. The van der Waals surface area contributed by atoms with Crippen LogP contribution in [0.4, 0.5) is 5.69 Å². The lowest BCUT2D eigenvalue weighted by Crippen LogP contribution is -2.02. The van der Waals surface area contributed by atoms with Gasteiger partial charge in [-0.15, -0.1) is 0 Å². The van der Waals surface area contributed by atoms with Gasteiger partial charge in [0.1, 0.15) is 0 Å². The van der Waals surface area contributed by atoms with Crippen LogP contribution in [-0.2, 0) is 0 Å². The molecule has 2 rings (SSSR count). The van der Waals surface area contributed by atoms with Crippen LogP contribution in [0, 0.1) is 0 Å².